The van der Waals surface area contributed by atoms with E-state index in [0.29, 0.717) is 56.0 Å². The molecule has 3 aromatic rings. The molecule has 1 fully saturated rings. The number of carbonyl (C=O) groups excluding carboxylic acids is 1. The first-order chi connectivity index (χ1) is 20.7. The molecule has 1 aliphatic heterocycles. The SMILES string of the molecule is CCNc1cc(C(=O)N[C@@H](Cc2ccccc2)[C@H](O)CNCc2ccc(CC)s2)cc(N2CCCCS2(=O)=O)c1.O=CO. The van der Waals surface area contributed by atoms with Gasteiger partial charge >= 0.3 is 0 Å². The summed E-state index contributed by atoms with van der Waals surface area (Å²) in [4.78, 5) is 24.5. The van der Waals surface area contributed by atoms with Crippen molar-refractivity contribution >= 4 is 45.1 Å². The second-order valence-corrected chi connectivity index (χ2v) is 13.5. The van der Waals surface area contributed by atoms with Gasteiger partial charge in [0.05, 0.1) is 23.6 Å². The van der Waals surface area contributed by atoms with Crippen molar-refractivity contribution in [1.82, 2.24) is 10.6 Å². The Hall–Kier alpha value is -3.45. The molecule has 0 radical (unpaired) electrons. The van der Waals surface area contributed by atoms with E-state index in [-0.39, 0.29) is 18.1 Å². The van der Waals surface area contributed by atoms with E-state index in [1.807, 2.05) is 37.3 Å². The number of carbonyl (C=O) groups is 2. The molecule has 234 valence electrons. The van der Waals surface area contributed by atoms with E-state index in [9.17, 15) is 18.3 Å². The zero-order valence-corrected chi connectivity index (χ0v) is 26.3. The molecule has 43 heavy (non-hydrogen) atoms. The van der Waals surface area contributed by atoms with Crippen LogP contribution in [0.15, 0.2) is 60.7 Å². The number of carboxylic acid groups (broad SMARTS) is 1. The number of sulfonamides is 1. The highest BCUT2D eigenvalue weighted by Crippen LogP contribution is 2.28. The van der Waals surface area contributed by atoms with Gasteiger partial charge in [0.1, 0.15) is 0 Å². The Bertz CT molecular complexity index is 1410. The molecule has 12 heteroatoms. The zero-order chi connectivity index (χ0) is 31.2. The first kappa shape index (κ1) is 34.0. The van der Waals surface area contributed by atoms with Crippen LogP contribution in [0.2, 0.25) is 0 Å². The number of nitrogens with zero attached hydrogens (tertiary/aromatic N) is 1. The normalized spacial score (nSPS) is 15.5. The third-order valence-electron chi connectivity index (χ3n) is 7.00. The smallest absolute Gasteiger partial charge is 0.290 e. The van der Waals surface area contributed by atoms with Crippen molar-refractivity contribution in [2.75, 3.05) is 35.0 Å². The molecule has 2 heterocycles. The number of aliphatic hydroxyl groups excluding tert-OH is 1. The molecule has 0 bridgehead atoms. The molecule has 2 aromatic carbocycles. The number of thiophene rings is 1. The Kier molecular flexibility index (Phi) is 13.5. The molecular formula is C31H42N4O6S2. The Morgan fingerprint density at radius 3 is 2.44 bits per heavy atom. The second-order valence-electron chi connectivity index (χ2n) is 10.2. The largest absolute Gasteiger partial charge is 0.483 e. The Balaban J connectivity index is 0.00000162. The molecule has 5 N–H and O–H groups in total. The summed E-state index contributed by atoms with van der Waals surface area (Å²) in [6.07, 6.45) is 2.02. The van der Waals surface area contributed by atoms with Crippen LogP contribution in [-0.4, -0.2) is 68.5 Å². The second kappa shape index (κ2) is 17.0. The lowest BCUT2D eigenvalue weighted by molar-refractivity contribution is -0.122. The van der Waals surface area contributed by atoms with Gasteiger partial charge in [-0.2, -0.15) is 0 Å². The Labute approximate surface area is 258 Å². The molecule has 1 aromatic heterocycles. The highest BCUT2D eigenvalue weighted by Gasteiger charge is 2.28. The first-order valence-corrected chi connectivity index (χ1v) is 16.9. The predicted molar refractivity (Wildman–Crippen MR) is 172 cm³/mol. The first-order valence-electron chi connectivity index (χ1n) is 14.5. The van der Waals surface area contributed by atoms with Crippen molar-refractivity contribution in [3.63, 3.8) is 0 Å². The van der Waals surface area contributed by atoms with Gasteiger partial charge in [-0.15, -0.1) is 11.3 Å². The maximum atomic E-state index is 13.6. The van der Waals surface area contributed by atoms with Gasteiger partial charge in [0, 0.05) is 47.2 Å². The quantitative estimate of drug-likeness (QED) is 0.179. The monoisotopic (exact) mass is 630 g/mol. The summed E-state index contributed by atoms with van der Waals surface area (Å²) in [7, 11) is -3.44. The molecule has 0 saturated carbocycles. The number of benzene rings is 2. The van der Waals surface area contributed by atoms with Crippen LogP contribution in [0, 0.1) is 0 Å². The van der Waals surface area contributed by atoms with Gasteiger partial charge in [0.25, 0.3) is 12.4 Å². The van der Waals surface area contributed by atoms with Crippen LogP contribution in [0.4, 0.5) is 11.4 Å². The number of nitrogens with one attached hydrogen (secondary N) is 3. The average Bonchev–Trinajstić information content (AvgIpc) is 3.45. The van der Waals surface area contributed by atoms with Crippen LogP contribution < -0.4 is 20.3 Å². The number of rotatable bonds is 13. The van der Waals surface area contributed by atoms with Gasteiger partial charge < -0.3 is 26.2 Å². The molecule has 10 nitrogen and oxygen atoms in total. The minimum atomic E-state index is -3.44. The number of aliphatic hydroxyl groups is 1. The zero-order valence-electron chi connectivity index (χ0n) is 24.7. The molecule has 1 saturated heterocycles. The van der Waals surface area contributed by atoms with Gasteiger partial charge in [0.15, 0.2) is 0 Å². The molecular weight excluding hydrogens is 588 g/mol. The van der Waals surface area contributed by atoms with E-state index in [2.05, 4.69) is 35.0 Å². The van der Waals surface area contributed by atoms with Crippen LogP contribution in [0.25, 0.3) is 0 Å². The summed E-state index contributed by atoms with van der Waals surface area (Å²) in [5, 5.41) is 27.7. The fourth-order valence-corrected chi connectivity index (χ4v) is 7.42. The highest BCUT2D eigenvalue weighted by molar-refractivity contribution is 7.92. The Morgan fingerprint density at radius 1 is 1.07 bits per heavy atom. The van der Waals surface area contributed by atoms with E-state index in [1.165, 1.54) is 14.1 Å². The molecule has 4 rings (SSSR count). The van der Waals surface area contributed by atoms with Crippen LogP contribution in [0.3, 0.4) is 0 Å². The van der Waals surface area contributed by atoms with Crippen molar-refractivity contribution in [3.8, 4) is 0 Å². The number of anilines is 2. The molecule has 2 atom stereocenters. The van der Waals surface area contributed by atoms with Crippen LogP contribution in [0.5, 0.6) is 0 Å². The third kappa shape index (κ3) is 10.3. The summed E-state index contributed by atoms with van der Waals surface area (Å²) in [6, 6.07) is 18.6. The number of hydrogen-bond donors (Lipinski definition) is 5. The number of hydrogen-bond acceptors (Lipinski definition) is 8. The van der Waals surface area contributed by atoms with Gasteiger partial charge in [0.2, 0.25) is 10.0 Å². The summed E-state index contributed by atoms with van der Waals surface area (Å²) < 4.78 is 27.0. The van der Waals surface area contributed by atoms with E-state index >= 15 is 0 Å². The van der Waals surface area contributed by atoms with E-state index in [1.54, 1.807) is 29.5 Å². The minimum Gasteiger partial charge on any atom is -0.483 e. The van der Waals surface area contributed by atoms with E-state index in [4.69, 9.17) is 9.90 Å². The van der Waals surface area contributed by atoms with Gasteiger partial charge in [-0.1, -0.05) is 37.3 Å². The Morgan fingerprint density at radius 2 is 1.79 bits per heavy atom. The highest BCUT2D eigenvalue weighted by atomic mass is 32.2. The molecule has 1 amide bonds. The molecule has 0 aliphatic carbocycles. The van der Waals surface area contributed by atoms with E-state index in [0.717, 1.165) is 18.4 Å². The van der Waals surface area contributed by atoms with E-state index < -0.39 is 22.2 Å². The van der Waals surface area contributed by atoms with Crippen LogP contribution in [0.1, 0.15) is 52.4 Å². The van der Waals surface area contributed by atoms with Crippen molar-refractivity contribution < 1.29 is 28.2 Å². The molecule has 0 unspecified atom stereocenters. The van der Waals surface area contributed by atoms with Crippen molar-refractivity contribution in [1.29, 1.82) is 0 Å². The summed E-state index contributed by atoms with van der Waals surface area (Å²) in [5.74, 6) is -0.259. The minimum absolute atomic E-state index is 0.101. The summed E-state index contributed by atoms with van der Waals surface area (Å²) >= 11 is 1.75. The topological polar surface area (TPSA) is 148 Å². The molecule has 1 aliphatic rings. The third-order valence-corrected chi connectivity index (χ3v) is 10.1. The van der Waals surface area contributed by atoms with Crippen molar-refractivity contribution in [2.45, 2.75) is 58.2 Å². The van der Waals surface area contributed by atoms with Gasteiger partial charge in [-0.25, -0.2) is 8.42 Å². The lowest BCUT2D eigenvalue weighted by atomic mass is 10.00. The summed E-state index contributed by atoms with van der Waals surface area (Å²) in [5.41, 5.74) is 2.50. The van der Waals surface area contributed by atoms with Crippen molar-refractivity contribution in [3.05, 3.63) is 81.5 Å². The number of aryl methyl sites for hydroxylation is 1. The maximum absolute atomic E-state index is 13.6. The maximum Gasteiger partial charge on any atom is 0.290 e. The fourth-order valence-electron chi connectivity index (χ4n) is 4.87. The average molecular weight is 631 g/mol. The standard InChI is InChI=1S/C30H40N4O4S2.CH2O2/c1-3-26-12-13-27(39-26)20-31-21-29(35)28(16-22-10-6-5-7-11-22)33-30(36)23-17-24(32-4-2)19-25(18-23)34-14-8-9-15-40(34,37)38;2-1-3/h5-7,10-13,17-19,28-29,31-32,35H,3-4,8-9,14-16,20-21H2,1-2H3,(H,33,36);1H,(H,2,3)/t28-,29+;/m0./s1. The lowest BCUT2D eigenvalue weighted by Gasteiger charge is -2.29. The van der Waals surface area contributed by atoms with Crippen molar-refractivity contribution in [2.24, 2.45) is 0 Å². The molecule has 0 spiro atoms. The van der Waals surface area contributed by atoms with Gasteiger partial charge in [-0.3, -0.25) is 13.9 Å². The summed E-state index contributed by atoms with van der Waals surface area (Å²) in [6.45, 7) is 5.80. The number of amides is 1. The predicted octanol–water partition coefficient (Wildman–Crippen LogP) is 3.86. The van der Waals surface area contributed by atoms with Crippen LogP contribution >= 0.6 is 11.3 Å². The van der Waals surface area contributed by atoms with Gasteiger partial charge in [-0.05, 0) is 68.5 Å². The lowest BCUT2D eigenvalue weighted by Crippen LogP contribution is -2.48. The fraction of sp³-hybridized carbons (Fsp3) is 0.419. The van der Waals surface area contributed by atoms with Crippen LogP contribution in [-0.2, 0) is 34.2 Å².